The van der Waals surface area contributed by atoms with E-state index >= 15 is 0 Å². The first-order valence-electron chi connectivity index (χ1n) is 11.3. The number of rotatable bonds is 15. The molecule has 29 heavy (non-hydrogen) atoms. The van der Waals surface area contributed by atoms with Gasteiger partial charge in [0.25, 0.3) is 0 Å². The maximum Gasteiger partial charge on any atom is 2.00 e. The standard InChI is InChI=1S/C21H35BrO.C5H5.Fe/c22-19-15-11-9-7-5-3-1-2-4-6-8-10-12-18-21(23)20-16-13-14-17-20;1-2-4-5-3-1;/h13-14,16-17,23H,1-12,15,18-19H2;1-5H;/q;-1;+2/p-1. The van der Waals surface area contributed by atoms with Crippen LogP contribution in [0.25, 0.3) is 0 Å². The van der Waals surface area contributed by atoms with Crippen LogP contribution in [0.4, 0.5) is 0 Å². The SMILES string of the molecule is [Fe+2].[O-]C(CCCCCCCCCCCCCCCBr)=C1C=CC=C1.c1cc[cH-]c1. The number of hydrogen-bond donors (Lipinski definition) is 0. The monoisotopic (exact) mass is 502 g/mol. The molecular formula is C26H39BrFeO. The van der Waals surface area contributed by atoms with E-state index < -0.39 is 0 Å². The largest absolute Gasteiger partial charge is 2.00 e. The Balaban J connectivity index is 0.00000113. The van der Waals surface area contributed by atoms with Gasteiger partial charge in [-0.3, -0.25) is 0 Å². The molecule has 1 nitrogen and oxygen atoms in total. The van der Waals surface area contributed by atoms with Crippen molar-refractivity contribution < 1.29 is 22.2 Å². The maximum absolute atomic E-state index is 11.8. The third kappa shape index (κ3) is 17.9. The van der Waals surface area contributed by atoms with Crippen LogP contribution in [-0.4, -0.2) is 5.33 Å². The smallest absolute Gasteiger partial charge is 0.875 e. The minimum absolute atomic E-state index is 0. The van der Waals surface area contributed by atoms with Gasteiger partial charge in [-0.1, -0.05) is 117 Å². The summed E-state index contributed by atoms with van der Waals surface area (Å²) in [6.45, 7) is 0. The van der Waals surface area contributed by atoms with E-state index in [1.54, 1.807) is 0 Å². The van der Waals surface area contributed by atoms with E-state index in [1.807, 2.05) is 54.6 Å². The van der Waals surface area contributed by atoms with E-state index in [4.69, 9.17) is 0 Å². The van der Waals surface area contributed by atoms with Crippen molar-refractivity contribution in [3.05, 3.63) is 66.0 Å². The van der Waals surface area contributed by atoms with Crippen molar-refractivity contribution in [2.75, 3.05) is 5.33 Å². The molecule has 1 aromatic rings. The summed E-state index contributed by atoms with van der Waals surface area (Å²) < 4.78 is 0. The second kappa shape index (κ2) is 22.1. The third-order valence-corrected chi connectivity index (χ3v) is 5.64. The van der Waals surface area contributed by atoms with Gasteiger partial charge in [0.2, 0.25) is 0 Å². The van der Waals surface area contributed by atoms with Crippen molar-refractivity contribution in [3.8, 4) is 0 Å². The number of alkyl halides is 1. The van der Waals surface area contributed by atoms with Crippen molar-refractivity contribution in [3.63, 3.8) is 0 Å². The predicted octanol–water partition coefficient (Wildman–Crippen LogP) is 7.99. The molecule has 164 valence electrons. The van der Waals surface area contributed by atoms with Gasteiger partial charge in [0.05, 0.1) is 0 Å². The molecule has 0 atom stereocenters. The Kier molecular flexibility index (Phi) is 21.6. The predicted molar refractivity (Wildman–Crippen MR) is 126 cm³/mol. The van der Waals surface area contributed by atoms with Crippen molar-refractivity contribution in [1.82, 2.24) is 0 Å². The zero-order valence-electron chi connectivity index (χ0n) is 17.9. The van der Waals surface area contributed by atoms with Crippen LogP contribution in [0.1, 0.15) is 89.9 Å². The maximum atomic E-state index is 11.8. The molecule has 0 heterocycles. The van der Waals surface area contributed by atoms with Crippen molar-refractivity contribution in [2.24, 2.45) is 0 Å². The normalized spacial score (nSPS) is 11.8. The number of unbranched alkanes of at least 4 members (excludes halogenated alkanes) is 12. The molecule has 0 radical (unpaired) electrons. The molecule has 0 unspecified atom stereocenters. The van der Waals surface area contributed by atoms with Gasteiger partial charge < -0.3 is 5.11 Å². The van der Waals surface area contributed by atoms with E-state index in [2.05, 4.69) is 15.9 Å². The molecule has 0 aromatic heterocycles. The summed E-state index contributed by atoms with van der Waals surface area (Å²) in [4.78, 5) is 0. The fourth-order valence-electron chi connectivity index (χ4n) is 3.35. The van der Waals surface area contributed by atoms with Crippen LogP contribution in [-0.2, 0) is 17.1 Å². The van der Waals surface area contributed by atoms with Gasteiger partial charge in [-0.25, -0.2) is 12.1 Å². The van der Waals surface area contributed by atoms with Gasteiger partial charge >= 0.3 is 17.1 Å². The molecule has 0 saturated carbocycles. The van der Waals surface area contributed by atoms with Crippen LogP contribution in [0.2, 0.25) is 0 Å². The molecule has 0 fully saturated rings. The van der Waals surface area contributed by atoms with Crippen LogP contribution < -0.4 is 5.11 Å². The molecule has 0 N–H and O–H groups in total. The van der Waals surface area contributed by atoms with Gasteiger partial charge in [0, 0.05) is 5.33 Å². The van der Waals surface area contributed by atoms with Crippen LogP contribution in [0, 0.1) is 0 Å². The Hall–Kier alpha value is -0.631. The summed E-state index contributed by atoms with van der Waals surface area (Å²) in [6.07, 6.45) is 25.9. The molecule has 0 saturated heterocycles. The van der Waals surface area contributed by atoms with Gasteiger partial charge in [0.1, 0.15) is 0 Å². The average molecular weight is 503 g/mol. The van der Waals surface area contributed by atoms with Crippen LogP contribution in [0.3, 0.4) is 0 Å². The minimum atomic E-state index is 0. The van der Waals surface area contributed by atoms with Gasteiger partial charge in [-0.05, 0) is 18.4 Å². The van der Waals surface area contributed by atoms with E-state index in [-0.39, 0.29) is 17.1 Å². The second-order valence-electron chi connectivity index (χ2n) is 7.59. The molecule has 0 amide bonds. The minimum Gasteiger partial charge on any atom is -0.875 e. The zero-order chi connectivity index (χ0) is 20.1. The summed E-state index contributed by atoms with van der Waals surface area (Å²) in [7, 11) is 0. The van der Waals surface area contributed by atoms with E-state index in [0.717, 1.165) is 23.7 Å². The Labute approximate surface area is 198 Å². The number of allylic oxidation sites excluding steroid dienone is 6. The van der Waals surface area contributed by atoms with Crippen molar-refractivity contribution in [2.45, 2.75) is 89.9 Å². The van der Waals surface area contributed by atoms with E-state index in [0.29, 0.717) is 5.76 Å². The van der Waals surface area contributed by atoms with Crippen LogP contribution in [0.15, 0.2) is 66.0 Å². The molecule has 0 bridgehead atoms. The van der Waals surface area contributed by atoms with Gasteiger partial charge in [-0.15, -0.1) is 5.76 Å². The number of hydrogen-bond acceptors (Lipinski definition) is 1. The fraction of sp³-hybridized carbons (Fsp3) is 0.577. The van der Waals surface area contributed by atoms with Gasteiger partial charge in [0.15, 0.2) is 0 Å². The number of halogens is 1. The van der Waals surface area contributed by atoms with Crippen molar-refractivity contribution >= 4 is 15.9 Å². The summed E-state index contributed by atoms with van der Waals surface area (Å²) in [6, 6.07) is 10.0. The fourth-order valence-corrected chi connectivity index (χ4v) is 3.75. The Morgan fingerprint density at radius 3 is 1.48 bits per heavy atom. The molecule has 1 aromatic carbocycles. The summed E-state index contributed by atoms with van der Waals surface area (Å²) in [5.74, 6) is 0.311. The molecule has 0 spiro atoms. The molecule has 2 rings (SSSR count). The average Bonchev–Trinajstić information content (AvgIpc) is 3.44. The summed E-state index contributed by atoms with van der Waals surface area (Å²) in [5, 5.41) is 13.0. The first kappa shape index (κ1) is 28.4. The third-order valence-electron chi connectivity index (χ3n) is 5.08. The summed E-state index contributed by atoms with van der Waals surface area (Å²) in [5.41, 5.74) is 0.886. The van der Waals surface area contributed by atoms with E-state index in [9.17, 15) is 5.11 Å². The Bertz CT molecular complexity index is 500. The molecule has 1 aliphatic rings. The van der Waals surface area contributed by atoms with Crippen LogP contribution in [0.5, 0.6) is 0 Å². The Morgan fingerprint density at radius 1 is 0.690 bits per heavy atom. The van der Waals surface area contributed by atoms with E-state index in [1.165, 1.54) is 77.0 Å². The molecule has 1 aliphatic carbocycles. The second-order valence-corrected chi connectivity index (χ2v) is 8.39. The topological polar surface area (TPSA) is 23.1 Å². The quantitative estimate of drug-likeness (QED) is 0.0783. The Morgan fingerprint density at radius 2 is 1.10 bits per heavy atom. The first-order valence-corrected chi connectivity index (χ1v) is 12.4. The molecular weight excluding hydrogens is 464 g/mol. The van der Waals surface area contributed by atoms with Crippen LogP contribution >= 0.6 is 15.9 Å². The van der Waals surface area contributed by atoms with Crippen molar-refractivity contribution in [1.29, 1.82) is 0 Å². The summed E-state index contributed by atoms with van der Waals surface area (Å²) >= 11 is 3.48. The zero-order valence-corrected chi connectivity index (χ0v) is 20.6. The molecule has 3 heteroatoms. The molecule has 0 aliphatic heterocycles. The first-order chi connectivity index (χ1) is 13.8. The van der Waals surface area contributed by atoms with Gasteiger partial charge in [-0.2, -0.15) is 18.2 Å².